The second-order valence-corrected chi connectivity index (χ2v) is 10.2. The molecule has 14 heteroatoms. The first-order chi connectivity index (χ1) is 19.5. The van der Waals surface area contributed by atoms with Crippen LogP contribution in [-0.4, -0.2) is 75.4 Å². The number of amides is 3. The van der Waals surface area contributed by atoms with Crippen LogP contribution in [0.15, 0.2) is 47.8 Å². The molecule has 4 atom stereocenters. The van der Waals surface area contributed by atoms with E-state index in [1.807, 2.05) is 44.2 Å². The molecule has 1 aromatic carbocycles. The van der Waals surface area contributed by atoms with Crippen molar-refractivity contribution < 1.29 is 24.3 Å². The summed E-state index contributed by atoms with van der Waals surface area (Å²) in [6.45, 7) is 3.98. The molecule has 0 spiro atoms. The van der Waals surface area contributed by atoms with Crippen molar-refractivity contribution in [3.63, 3.8) is 0 Å². The van der Waals surface area contributed by atoms with Crippen LogP contribution < -0.4 is 33.2 Å². The Balaban J connectivity index is 2.15. The number of nitrogens with zero attached hydrogens (tertiary/aromatic N) is 2. The molecule has 14 nitrogen and oxygen atoms in total. The van der Waals surface area contributed by atoms with Crippen molar-refractivity contribution in [2.24, 2.45) is 28.1 Å². The zero-order chi connectivity index (χ0) is 30.4. The highest BCUT2D eigenvalue weighted by Gasteiger charge is 2.31. The topological polar surface area (TPSA) is 244 Å². The van der Waals surface area contributed by atoms with Gasteiger partial charge in [0.1, 0.15) is 18.1 Å². The van der Waals surface area contributed by atoms with E-state index in [4.69, 9.17) is 17.2 Å². The van der Waals surface area contributed by atoms with Gasteiger partial charge in [-0.25, -0.2) is 9.78 Å². The second-order valence-electron chi connectivity index (χ2n) is 10.2. The molecule has 0 saturated carbocycles. The van der Waals surface area contributed by atoms with E-state index in [0.29, 0.717) is 12.1 Å². The number of H-pyrrole nitrogens is 1. The summed E-state index contributed by atoms with van der Waals surface area (Å²) in [6, 6.07) is 5.00. The van der Waals surface area contributed by atoms with Gasteiger partial charge in [0, 0.05) is 24.9 Å². The predicted octanol–water partition coefficient (Wildman–Crippen LogP) is -0.839. The van der Waals surface area contributed by atoms with Gasteiger partial charge in [0.2, 0.25) is 17.7 Å². The summed E-state index contributed by atoms with van der Waals surface area (Å²) in [6.07, 6.45) is 3.82. The zero-order valence-electron chi connectivity index (χ0n) is 23.4. The maximum absolute atomic E-state index is 13.4. The number of guanidine groups is 1. The molecule has 0 radical (unpaired) electrons. The van der Waals surface area contributed by atoms with Crippen molar-refractivity contribution in [3.05, 3.63) is 54.1 Å². The lowest BCUT2D eigenvalue weighted by Gasteiger charge is -2.26. The standard InChI is InChI=1S/C27H41N9O5/c1-16(2)11-21(35-23(37)19(28)12-17-7-4-3-5-8-17)25(39)34-20(9-6-10-32-27(29)30)24(38)36-22(26(40)41)13-18-14-31-15-33-18/h3-5,7-8,14-16,19-22H,6,9-13,28H2,1-2H3,(H,31,33)(H,34,39)(H,35,37)(H,36,38)(H,40,41)(H4,29,30,32). The highest BCUT2D eigenvalue weighted by molar-refractivity contribution is 5.94. The number of aromatic nitrogens is 2. The maximum Gasteiger partial charge on any atom is 0.326 e. The Morgan fingerprint density at radius 3 is 2.17 bits per heavy atom. The molecule has 0 saturated heterocycles. The van der Waals surface area contributed by atoms with E-state index in [0.717, 1.165) is 5.56 Å². The molecule has 2 rings (SSSR count). The van der Waals surface area contributed by atoms with E-state index in [1.54, 1.807) is 0 Å². The normalized spacial score (nSPS) is 13.9. The lowest BCUT2D eigenvalue weighted by Crippen LogP contribution is -2.57. The number of nitrogens with two attached hydrogens (primary N) is 3. The number of benzene rings is 1. The molecule has 3 amide bonds. The lowest BCUT2D eigenvalue weighted by molar-refractivity contribution is -0.142. The summed E-state index contributed by atoms with van der Waals surface area (Å²) in [7, 11) is 0. The summed E-state index contributed by atoms with van der Waals surface area (Å²) in [5.41, 5.74) is 18.3. The van der Waals surface area contributed by atoms with E-state index in [2.05, 4.69) is 30.9 Å². The molecular weight excluding hydrogens is 530 g/mol. The number of carboxylic acid groups (broad SMARTS) is 1. The van der Waals surface area contributed by atoms with Crippen molar-refractivity contribution in [1.29, 1.82) is 0 Å². The number of carbonyl (C=O) groups excluding carboxylic acids is 3. The smallest absolute Gasteiger partial charge is 0.326 e. The Labute approximate surface area is 238 Å². The van der Waals surface area contributed by atoms with Crippen LogP contribution in [0.5, 0.6) is 0 Å². The quantitative estimate of drug-likeness (QED) is 0.0669. The summed E-state index contributed by atoms with van der Waals surface area (Å²) < 4.78 is 0. The maximum atomic E-state index is 13.4. The average Bonchev–Trinajstić information content (AvgIpc) is 3.42. The van der Waals surface area contributed by atoms with Gasteiger partial charge < -0.3 is 43.2 Å². The average molecular weight is 572 g/mol. The minimum atomic E-state index is -1.28. The highest BCUT2D eigenvalue weighted by Crippen LogP contribution is 2.09. The third-order valence-electron chi connectivity index (χ3n) is 6.15. The van der Waals surface area contributed by atoms with E-state index < -0.39 is 47.9 Å². The molecule has 0 fully saturated rings. The lowest BCUT2D eigenvalue weighted by atomic mass is 10.0. The van der Waals surface area contributed by atoms with Crippen LogP contribution in [0.1, 0.15) is 44.4 Å². The van der Waals surface area contributed by atoms with Crippen LogP contribution in [0.3, 0.4) is 0 Å². The molecule has 1 aromatic heterocycles. The molecule has 2 aromatic rings. The van der Waals surface area contributed by atoms with Crippen molar-refractivity contribution in [2.45, 2.75) is 70.1 Å². The monoisotopic (exact) mass is 571 g/mol. The van der Waals surface area contributed by atoms with Crippen LogP contribution in [0.2, 0.25) is 0 Å². The van der Waals surface area contributed by atoms with Crippen LogP contribution in [0.25, 0.3) is 0 Å². The van der Waals surface area contributed by atoms with E-state index in [9.17, 15) is 24.3 Å². The first kappa shape index (κ1) is 32.8. The van der Waals surface area contributed by atoms with Gasteiger partial charge in [-0.3, -0.25) is 19.4 Å². The number of hydrogen-bond acceptors (Lipinski definition) is 7. The largest absolute Gasteiger partial charge is 0.480 e. The van der Waals surface area contributed by atoms with Gasteiger partial charge in [0.25, 0.3) is 0 Å². The van der Waals surface area contributed by atoms with E-state index in [1.165, 1.54) is 12.5 Å². The highest BCUT2D eigenvalue weighted by atomic mass is 16.4. The molecule has 0 aliphatic rings. The third kappa shape index (κ3) is 12.1. The first-order valence-corrected chi connectivity index (χ1v) is 13.4. The number of aromatic amines is 1. The number of aliphatic imine (C=N–C) groups is 1. The van der Waals surface area contributed by atoms with Gasteiger partial charge in [-0.15, -0.1) is 0 Å². The van der Waals surface area contributed by atoms with Gasteiger partial charge in [0.05, 0.1) is 12.4 Å². The molecule has 4 unspecified atom stereocenters. The summed E-state index contributed by atoms with van der Waals surface area (Å²) in [5, 5.41) is 17.5. The van der Waals surface area contributed by atoms with Gasteiger partial charge in [0.15, 0.2) is 5.96 Å². The Morgan fingerprint density at radius 2 is 1.59 bits per heavy atom. The van der Waals surface area contributed by atoms with Crippen LogP contribution in [0, 0.1) is 5.92 Å². The number of aliphatic carboxylic acids is 1. The number of rotatable bonds is 17. The van der Waals surface area contributed by atoms with E-state index in [-0.39, 0.29) is 44.1 Å². The predicted molar refractivity (Wildman–Crippen MR) is 153 cm³/mol. The summed E-state index contributed by atoms with van der Waals surface area (Å²) >= 11 is 0. The molecule has 41 heavy (non-hydrogen) atoms. The van der Waals surface area contributed by atoms with Crippen LogP contribution in [-0.2, 0) is 32.0 Å². The molecule has 224 valence electrons. The SMILES string of the molecule is CC(C)CC(NC(=O)C(N)Cc1ccccc1)C(=O)NC(CCCN=C(N)N)C(=O)NC(Cc1cnc[nH]1)C(=O)O. The summed E-state index contributed by atoms with van der Waals surface area (Å²) in [4.78, 5) is 61.9. The third-order valence-corrected chi connectivity index (χ3v) is 6.15. The van der Waals surface area contributed by atoms with Crippen molar-refractivity contribution in [1.82, 2.24) is 25.9 Å². The van der Waals surface area contributed by atoms with Gasteiger partial charge in [-0.2, -0.15) is 0 Å². The Bertz CT molecular complexity index is 1150. The molecule has 0 aliphatic carbocycles. The van der Waals surface area contributed by atoms with Crippen LogP contribution in [0.4, 0.5) is 0 Å². The molecule has 1 heterocycles. The minimum absolute atomic E-state index is 0.0244. The molecule has 0 bridgehead atoms. The Hall–Kier alpha value is -4.46. The van der Waals surface area contributed by atoms with Gasteiger partial charge in [-0.05, 0) is 37.2 Å². The Morgan fingerprint density at radius 1 is 0.951 bits per heavy atom. The fourth-order valence-electron chi connectivity index (χ4n) is 4.08. The molecular formula is C27H41N9O5. The summed E-state index contributed by atoms with van der Waals surface area (Å²) in [5.74, 6) is -3.15. The number of nitrogens with one attached hydrogen (secondary N) is 4. The zero-order valence-corrected chi connectivity index (χ0v) is 23.4. The van der Waals surface area contributed by atoms with E-state index >= 15 is 0 Å². The van der Waals surface area contributed by atoms with Crippen LogP contribution >= 0.6 is 0 Å². The fourth-order valence-corrected chi connectivity index (χ4v) is 4.08. The molecule has 11 N–H and O–H groups in total. The fraction of sp³-hybridized carbons (Fsp3) is 0.481. The van der Waals surface area contributed by atoms with Gasteiger partial charge in [-0.1, -0.05) is 44.2 Å². The Kier molecular flexibility index (Phi) is 13.3. The number of carboxylic acids is 1. The number of imidazole rings is 1. The molecule has 0 aliphatic heterocycles. The number of hydrogen-bond donors (Lipinski definition) is 8. The van der Waals surface area contributed by atoms with Crippen molar-refractivity contribution in [2.75, 3.05) is 6.54 Å². The number of carbonyl (C=O) groups is 4. The second kappa shape index (κ2) is 16.6. The van der Waals surface area contributed by atoms with Crippen molar-refractivity contribution >= 4 is 29.7 Å². The van der Waals surface area contributed by atoms with Gasteiger partial charge >= 0.3 is 5.97 Å². The first-order valence-electron chi connectivity index (χ1n) is 13.4. The van der Waals surface area contributed by atoms with Crippen molar-refractivity contribution in [3.8, 4) is 0 Å². The minimum Gasteiger partial charge on any atom is -0.480 e.